The Hall–Kier alpha value is -1.33. The summed E-state index contributed by atoms with van der Waals surface area (Å²) in [7, 11) is 0. The molecular formula is C9HF19. The van der Waals surface area contributed by atoms with Gasteiger partial charge in [0.05, 0.1) is 0 Å². The fraction of sp³-hybridized carbons (Fsp3) is 1.00. The molecule has 0 aliphatic rings. The SMILES string of the molecule is FC(F)C(F)(F)C(F)(F)C(F)(F)C(F)(F)C(F)(F)C(F)(C(F)(F)F)C(F)(F)F. The first-order valence-corrected chi connectivity index (χ1v) is 5.69. The molecule has 0 bridgehead atoms. The van der Waals surface area contributed by atoms with Gasteiger partial charge in [0.15, 0.2) is 0 Å². The Kier molecular flexibility index (Phi) is 6.03. The lowest BCUT2D eigenvalue weighted by molar-refractivity contribution is -0.468. The van der Waals surface area contributed by atoms with Gasteiger partial charge in [-0.3, -0.25) is 0 Å². The summed E-state index contributed by atoms with van der Waals surface area (Å²) in [6, 6.07) is 0. The first-order valence-electron chi connectivity index (χ1n) is 5.69. The summed E-state index contributed by atoms with van der Waals surface area (Å²) < 4.78 is 237. The first kappa shape index (κ1) is 26.7. The van der Waals surface area contributed by atoms with E-state index in [1.165, 1.54) is 0 Å². The topological polar surface area (TPSA) is 0 Å². The van der Waals surface area contributed by atoms with Crippen LogP contribution in [-0.2, 0) is 0 Å². The fourth-order valence-electron chi connectivity index (χ4n) is 1.47. The normalized spacial score (nSPS) is 16.7. The number of halogens is 19. The number of hydrogen-bond acceptors (Lipinski definition) is 0. The maximum Gasteiger partial charge on any atom is 0.438 e. The smallest absolute Gasteiger partial charge is 0.216 e. The molecule has 0 nitrogen and oxygen atoms in total. The minimum atomic E-state index is -8.94. The minimum absolute atomic E-state index is 6.04. The van der Waals surface area contributed by atoms with Crippen LogP contribution in [0.15, 0.2) is 0 Å². The highest BCUT2D eigenvalue weighted by atomic mass is 19.4. The van der Waals surface area contributed by atoms with Gasteiger partial charge in [-0.2, -0.15) is 70.2 Å². The summed E-state index contributed by atoms with van der Waals surface area (Å²) in [6.07, 6.45) is -22.5. The van der Waals surface area contributed by atoms with Crippen LogP contribution >= 0.6 is 0 Å². The maximum absolute atomic E-state index is 13.1. The Morgan fingerprint density at radius 1 is 0.357 bits per heavy atom. The largest absolute Gasteiger partial charge is 0.438 e. The van der Waals surface area contributed by atoms with Gasteiger partial charge in [0.25, 0.3) is 0 Å². The number of alkyl halides is 19. The van der Waals surface area contributed by atoms with E-state index >= 15 is 0 Å². The Balaban J connectivity index is 6.95. The van der Waals surface area contributed by atoms with Crippen molar-refractivity contribution >= 4 is 0 Å². The van der Waals surface area contributed by atoms with Crippen molar-refractivity contribution < 1.29 is 83.4 Å². The Bertz CT molecular complexity index is 547. The summed E-state index contributed by atoms with van der Waals surface area (Å²) in [5.74, 6) is -42.7. The summed E-state index contributed by atoms with van der Waals surface area (Å²) in [6.45, 7) is 0. The predicted molar refractivity (Wildman–Crippen MR) is 46.7 cm³/mol. The van der Waals surface area contributed by atoms with Gasteiger partial charge in [0.2, 0.25) is 0 Å². The van der Waals surface area contributed by atoms with Crippen LogP contribution in [0.5, 0.6) is 0 Å². The van der Waals surface area contributed by atoms with Crippen LogP contribution in [0.2, 0.25) is 0 Å². The van der Waals surface area contributed by atoms with Gasteiger partial charge >= 0.3 is 54.1 Å². The highest BCUT2D eigenvalue weighted by Gasteiger charge is 2.97. The summed E-state index contributed by atoms with van der Waals surface area (Å²) in [5.41, 5.74) is -8.68. The maximum atomic E-state index is 13.1. The molecule has 0 amide bonds. The van der Waals surface area contributed by atoms with Gasteiger partial charge < -0.3 is 0 Å². The molecule has 28 heavy (non-hydrogen) atoms. The molecule has 0 aromatic rings. The first-order chi connectivity index (χ1) is 11.7. The van der Waals surface area contributed by atoms with E-state index in [-0.39, 0.29) is 0 Å². The van der Waals surface area contributed by atoms with Gasteiger partial charge in [-0.05, 0) is 0 Å². The monoisotopic (exact) mass is 470 g/mol. The molecule has 0 saturated heterocycles. The van der Waals surface area contributed by atoms with E-state index in [9.17, 15) is 83.4 Å². The van der Waals surface area contributed by atoms with Crippen LogP contribution < -0.4 is 0 Å². The molecule has 0 fully saturated rings. The molecule has 0 aliphatic carbocycles. The van der Waals surface area contributed by atoms with Gasteiger partial charge in [0.1, 0.15) is 0 Å². The van der Waals surface area contributed by atoms with Crippen LogP contribution in [-0.4, -0.2) is 54.1 Å². The number of hydrogen-bond donors (Lipinski definition) is 0. The zero-order valence-electron chi connectivity index (χ0n) is 11.8. The molecule has 0 rings (SSSR count). The van der Waals surface area contributed by atoms with E-state index in [0.29, 0.717) is 0 Å². The van der Waals surface area contributed by atoms with Crippen LogP contribution in [0.4, 0.5) is 83.4 Å². The summed E-state index contributed by atoms with van der Waals surface area (Å²) in [5, 5.41) is 0. The molecule has 19 heteroatoms. The second kappa shape index (κ2) is 6.33. The van der Waals surface area contributed by atoms with Crippen molar-refractivity contribution in [3.05, 3.63) is 0 Å². The van der Waals surface area contributed by atoms with E-state index in [0.717, 1.165) is 0 Å². The standard InChI is InChI=1S/C9HF19/c10-1(11)2(12,13)4(15,16)6(19,20)7(21,22)5(17,18)3(14,8(23,24)25)9(26,27)28/h1H. The van der Waals surface area contributed by atoms with E-state index in [4.69, 9.17) is 0 Å². The highest BCUT2D eigenvalue weighted by molar-refractivity contribution is 5.18. The van der Waals surface area contributed by atoms with Crippen molar-refractivity contribution in [3.63, 3.8) is 0 Å². The molecule has 0 atom stereocenters. The summed E-state index contributed by atoms with van der Waals surface area (Å²) in [4.78, 5) is 0. The van der Waals surface area contributed by atoms with Crippen LogP contribution in [0, 0.1) is 0 Å². The van der Waals surface area contributed by atoms with Crippen molar-refractivity contribution in [1.82, 2.24) is 0 Å². The van der Waals surface area contributed by atoms with Crippen LogP contribution in [0.25, 0.3) is 0 Å². The number of rotatable bonds is 6. The van der Waals surface area contributed by atoms with Gasteiger partial charge in [0, 0.05) is 0 Å². The predicted octanol–water partition coefficient (Wildman–Crippen LogP) is 6.26. The average molecular weight is 470 g/mol. The van der Waals surface area contributed by atoms with Gasteiger partial charge in [-0.15, -0.1) is 0 Å². The van der Waals surface area contributed by atoms with Crippen molar-refractivity contribution in [2.24, 2.45) is 0 Å². The molecule has 0 aliphatic heterocycles. The molecule has 0 spiro atoms. The van der Waals surface area contributed by atoms with Crippen molar-refractivity contribution in [2.75, 3.05) is 0 Å². The minimum Gasteiger partial charge on any atom is -0.216 e. The Morgan fingerprint density at radius 3 is 0.821 bits per heavy atom. The Morgan fingerprint density at radius 2 is 0.607 bits per heavy atom. The average Bonchev–Trinajstić information content (AvgIpc) is 2.42. The molecule has 0 radical (unpaired) electrons. The zero-order chi connectivity index (χ0) is 23.6. The van der Waals surface area contributed by atoms with Gasteiger partial charge in [-0.1, -0.05) is 0 Å². The molecule has 170 valence electrons. The lowest BCUT2D eigenvalue weighted by atomic mass is 9.84. The van der Waals surface area contributed by atoms with Crippen molar-refractivity contribution in [2.45, 2.75) is 54.1 Å². The van der Waals surface area contributed by atoms with E-state index < -0.39 is 54.1 Å². The molecule has 0 heterocycles. The van der Waals surface area contributed by atoms with Crippen LogP contribution in [0.1, 0.15) is 0 Å². The second-order valence-electron chi connectivity index (χ2n) is 4.88. The molecule has 0 N–H and O–H groups in total. The summed E-state index contributed by atoms with van der Waals surface area (Å²) >= 11 is 0. The third-order valence-corrected chi connectivity index (χ3v) is 3.09. The van der Waals surface area contributed by atoms with Crippen molar-refractivity contribution in [3.8, 4) is 0 Å². The van der Waals surface area contributed by atoms with Crippen molar-refractivity contribution in [1.29, 1.82) is 0 Å². The zero-order valence-corrected chi connectivity index (χ0v) is 11.8. The third-order valence-electron chi connectivity index (χ3n) is 3.09. The molecular weight excluding hydrogens is 469 g/mol. The molecule has 0 unspecified atom stereocenters. The fourth-order valence-corrected chi connectivity index (χ4v) is 1.47. The molecule has 0 aromatic heterocycles. The Labute approximate surface area is 139 Å². The quantitative estimate of drug-likeness (QED) is 0.403. The van der Waals surface area contributed by atoms with Gasteiger partial charge in [-0.25, -0.2) is 13.2 Å². The second-order valence-corrected chi connectivity index (χ2v) is 4.88. The van der Waals surface area contributed by atoms with Crippen LogP contribution in [0.3, 0.4) is 0 Å². The van der Waals surface area contributed by atoms with E-state index in [1.807, 2.05) is 0 Å². The lowest BCUT2D eigenvalue weighted by Crippen LogP contribution is -2.77. The third kappa shape index (κ3) is 3.02. The van der Waals surface area contributed by atoms with E-state index in [2.05, 4.69) is 0 Å². The lowest BCUT2D eigenvalue weighted by Gasteiger charge is -2.44. The van der Waals surface area contributed by atoms with E-state index in [1.54, 1.807) is 0 Å². The highest BCUT2D eigenvalue weighted by Crippen LogP contribution is 2.65. The molecule has 0 saturated carbocycles. The molecule has 0 aromatic carbocycles.